The third-order valence-corrected chi connectivity index (χ3v) is 6.93. The van der Waals surface area contributed by atoms with Crippen molar-refractivity contribution in [1.82, 2.24) is 19.9 Å². The summed E-state index contributed by atoms with van der Waals surface area (Å²) in [6, 6.07) is 10.8. The topological polar surface area (TPSA) is 71.0 Å². The van der Waals surface area contributed by atoms with E-state index in [0.29, 0.717) is 39.0 Å². The summed E-state index contributed by atoms with van der Waals surface area (Å²) >= 11 is 12.2. The number of aromatic nitrogens is 3. The highest BCUT2D eigenvalue weighted by molar-refractivity contribution is 6.31. The van der Waals surface area contributed by atoms with Crippen molar-refractivity contribution in [2.75, 3.05) is 18.4 Å². The number of hydrogen-bond acceptors (Lipinski definition) is 5. The number of amides is 1. The molecule has 2 aliphatic rings. The number of carbonyl (C=O) groups excluding carboxylic acids is 1. The van der Waals surface area contributed by atoms with E-state index in [-0.39, 0.29) is 11.9 Å². The van der Waals surface area contributed by atoms with Gasteiger partial charge < -0.3 is 10.2 Å². The molecular weight excluding hydrogens is 445 g/mol. The van der Waals surface area contributed by atoms with E-state index in [1.165, 1.54) is 12.8 Å². The molecule has 1 saturated heterocycles. The zero-order valence-corrected chi connectivity index (χ0v) is 19.0. The third-order valence-electron chi connectivity index (χ3n) is 6.48. The maximum atomic E-state index is 13.8. The standard InChI is InChI=1S/C24H23Cl2N5O/c25-16-2-4-19(22-27-9-1-10-28-22)20(12-16)23(32)31-11-8-24(6-7-24)13-18(31)15-30-21-5-3-17(26)14-29-21/h1-5,9-10,12,14,18H,6-8,11,13,15H2,(H,29,30). The molecule has 3 heterocycles. The second-order valence-corrected chi connectivity index (χ2v) is 9.48. The number of anilines is 1. The SMILES string of the molecule is O=C(c1cc(Cl)ccc1-c1ncccn1)N1CCC2(CC2)CC1CNc1ccc(Cl)cn1. The maximum Gasteiger partial charge on any atom is 0.254 e. The maximum absolute atomic E-state index is 13.8. The van der Waals surface area contributed by atoms with E-state index in [4.69, 9.17) is 23.2 Å². The Labute approximate surface area is 197 Å². The minimum atomic E-state index is -0.0404. The summed E-state index contributed by atoms with van der Waals surface area (Å²) in [4.78, 5) is 28.8. The molecule has 0 radical (unpaired) electrons. The number of hydrogen-bond donors (Lipinski definition) is 1. The number of pyridine rings is 1. The average molecular weight is 468 g/mol. The van der Waals surface area contributed by atoms with Crippen LogP contribution < -0.4 is 5.32 Å². The first-order chi connectivity index (χ1) is 15.5. The molecule has 1 aliphatic heterocycles. The molecule has 1 atom stereocenters. The second kappa shape index (κ2) is 8.68. The van der Waals surface area contributed by atoms with Crippen molar-refractivity contribution in [2.24, 2.45) is 5.41 Å². The predicted octanol–water partition coefficient (Wildman–Crippen LogP) is 5.34. The van der Waals surface area contributed by atoms with Gasteiger partial charge >= 0.3 is 0 Å². The molecular formula is C24H23Cl2N5O. The minimum Gasteiger partial charge on any atom is -0.368 e. The van der Waals surface area contributed by atoms with Crippen molar-refractivity contribution in [3.05, 3.63) is 70.6 Å². The van der Waals surface area contributed by atoms with Crippen LogP contribution in [0.15, 0.2) is 55.0 Å². The molecule has 1 spiro atoms. The van der Waals surface area contributed by atoms with Crippen LogP contribution in [0, 0.1) is 5.41 Å². The lowest BCUT2D eigenvalue weighted by Crippen LogP contribution is -2.50. The van der Waals surface area contributed by atoms with Crippen LogP contribution in [-0.4, -0.2) is 44.9 Å². The third kappa shape index (κ3) is 4.43. The number of nitrogens with zero attached hydrogens (tertiary/aromatic N) is 4. The van der Waals surface area contributed by atoms with Gasteiger partial charge in [-0.25, -0.2) is 15.0 Å². The number of nitrogens with one attached hydrogen (secondary N) is 1. The number of piperidine rings is 1. The molecule has 164 valence electrons. The molecule has 1 unspecified atom stereocenters. The van der Waals surface area contributed by atoms with Gasteiger partial charge in [-0.05, 0) is 67.5 Å². The van der Waals surface area contributed by atoms with Crippen LogP contribution in [0.5, 0.6) is 0 Å². The number of likely N-dealkylation sites (tertiary alicyclic amines) is 1. The Bertz CT molecular complexity index is 1120. The lowest BCUT2D eigenvalue weighted by atomic mass is 9.87. The molecule has 1 aliphatic carbocycles. The fourth-order valence-corrected chi connectivity index (χ4v) is 4.80. The molecule has 6 nitrogen and oxygen atoms in total. The Balaban J connectivity index is 1.42. The molecule has 1 aromatic carbocycles. The lowest BCUT2D eigenvalue weighted by Gasteiger charge is -2.40. The Hall–Kier alpha value is -2.70. The normalized spacial score (nSPS) is 19.1. The fraction of sp³-hybridized carbons (Fsp3) is 0.333. The summed E-state index contributed by atoms with van der Waals surface area (Å²) in [6.45, 7) is 1.35. The van der Waals surface area contributed by atoms with Crippen molar-refractivity contribution < 1.29 is 4.79 Å². The molecule has 32 heavy (non-hydrogen) atoms. The van der Waals surface area contributed by atoms with Crippen LogP contribution in [0.3, 0.4) is 0 Å². The number of halogens is 2. The van der Waals surface area contributed by atoms with Crippen molar-refractivity contribution in [2.45, 2.75) is 31.7 Å². The highest BCUT2D eigenvalue weighted by Crippen LogP contribution is 2.55. The first kappa shape index (κ1) is 21.2. The van der Waals surface area contributed by atoms with Gasteiger partial charge in [0.15, 0.2) is 5.82 Å². The van der Waals surface area contributed by atoms with Crippen LogP contribution in [0.1, 0.15) is 36.0 Å². The summed E-state index contributed by atoms with van der Waals surface area (Å²) in [6.07, 6.45) is 9.47. The quantitative estimate of drug-likeness (QED) is 0.547. The van der Waals surface area contributed by atoms with E-state index in [9.17, 15) is 4.79 Å². The van der Waals surface area contributed by atoms with Gasteiger partial charge in [0.2, 0.25) is 0 Å². The molecule has 1 saturated carbocycles. The van der Waals surface area contributed by atoms with Gasteiger partial charge in [0.25, 0.3) is 5.91 Å². The van der Waals surface area contributed by atoms with Gasteiger partial charge in [-0.15, -0.1) is 0 Å². The van der Waals surface area contributed by atoms with Gasteiger partial charge in [-0.2, -0.15) is 0 Å². The molecule has 1 amide bonds. The fourth-order valence-electron chi connectivity index (χ4n) is 4.52. The second-order valence-electron chi connectivity index (χ2n) is 8.61. The summed E-state index contributed by atoms with van der Waals surface area (Å²) in [5, 5.41) is 4.50. The van der Waals surface area contributed by atoms with Gasteiger partial charge in [0.05, 0.1) is 10.6 Å². The van der Waals surface area contributed by atoms with Crippen LogP contribution in [0.2, 0.25) is 10.0 Å². The first-order valence-electron chi connectivity index (χ1n) is 10.8. The van der Waals surface area contributed by atoms with Crippen LogP contribution >= 0.6 is 23.2 Å². The Morgan fingerprint density at radius 2 is 1.84 bits per heavy atom. The Morgan fingerprint density at radius 3 is 2.56 bits per heavy atom. The zero-order chi connectivity index (χ0) is 22.1. The van der Waals surface area contributed by atoms with Crippen molar-refractivity contribution in [3.63, 3.8) is 0 Å². The predicted molar refractivity (Wildman–Crippen MR) is 126 cm³/mol. The summed E-state index contributed by atoms with van der Waals surface area (Å²) in [5.74, 6) is 1.22. The molecule has 2 aromatic heterocycles. The van der Waals surface area contributed by atoms with Gasteiger partial charge in [-0.3, -0.25) is 4.79 Å². The lowest BCUT2D eigenvalue weighted by molar-refractivity contribution is 0.0546. The number of benzene rings is 1. The van der Waals surface area contributed by atoms with E-state index in [1.54, 1.807) is 42.9 Å². The monoisotopic (exact) mass is 467 g/mol. The molecule has 1 N–H and O–H groups in total. The summed E-state index contributed by atoms with van der Waals surface area (Å²) in [5.41, 5.74) is 1.61. The van der Waals surface area contributed by atoms with Gasteiger partial charge in [-0.1, -0.05) is 23.2 Å². The summed E-state index contributed by atoms with van der Waals surface area (Å²) < 4.78 is 0. The average Bonchev–Trinajstić information content (AvgIpc) is 3.57. The van der Waals surface area contributed by atoms with Crippen molar-refractivity contribution in [3.8, 4) is 11.4 Å². The molecule has 5 rings (SSSR count). The Kier molecular flexibility index (Phi) is 5.74. The first-order valence-corrected chi connectivity index (χ1v) is 11.5. The van der Waals surface area contributed by atoms with Crippen LogP contribution in [-0.2, 0) is 0 Å². The molecule has 0 bridgehead atoms. The van der Waals surface area contributed by atoms with Crippen LogP contribution in [0.4, 0.5) is 5.82 Å². The smallest absolute Gasteiger partial charge is 0.254 e. The summed E-state index contributed by atoms with van der Waals surface area (Å²) in [7, 11) is 0. The highest BCUT2D eigenvalue weighted by Gasteiger charge is 2.49. The van der Waals surface area contributed by atoms with Crippen molar-refractivity contribution in [1.29, 1.82) is 0 Å². The van der Waals surface area contributed by atoms with E-state index < -0.39 is 0 Å². The van der Waals surface area contributed by atoms with Crippen molar-refractivity contribution >= 4 is 34.9 Å². The number of carbonyl (C=O) groups is 1. The largest absolute Gasteiger partial charge is 0.368 e. The zero-order valence-electron chi connectivity index (χ0n) is 17.5. The Morgan fingerprint density at radius 1 is 1.06 bits per heavy atom. The number of rotatable bonds is 5. The highest BCUT2D eigenvalue weighted by atomic mass is 35.5. The molecule has 2 fully saturated rings. The van der Waals surface area contributed by atoms with E-state index in [0.717, 1.165) is 25.2 Å². The molecule has 8 heteroatoms. The van der Waals surface area contributed by atoms with Gasteiger partial charge in [0.1, 0.15) is 5.82 Å². The van der Waals surface area contributed by atoms with E-state index in [2.05, 4.69) is 20.3 Å². The van der Waals surface area contributed by atoms with E-state index in [1.807, 2.05) is 17.0 Å². The van der Waals surface area contributed by atoms with Crippen LogP contribution in [0.25, 0.3) is 11.4 Å². The minimum absolute atomic E-state index is 0.0404. The van der Waals surface area contributed by atoms with Gasteiger partial charge in [0, 0.05) is 48.3 Å². The molecule has 3 aromatic rings. The van der Waals surface area contributed by atoms with E-state index >= 15 is 0 Å².